The Hall–Kier alpha value is -4.19. The van der Waals surface area contributed by atoms with Crippen LogP contribution in [0.5, 0.6) is 0 Å². The third kappa shape index (κ3) is 5.12. The quantitative estimate of drug-likeness (QED) is 0.263. The van der Waals surface area contributed by atoms with E-state index in [1.54, 1.807) is 16.4 Å². The van der Waals surface area contributed by atoms with E-state index in [4.69, 9.17) is 0 Å². The molecule has 1 amide bonds. The van der Waals surface area contributed by atoms with E-state index in [2.05, 4.69) is 15.3 Å². The predicted octanol–water partition coefficient (Wildman–Crippen LogP) is 4.85. The molecule has 1 aliphatic rings. The third-order valence-electron chi connectivity index (χ3n) is 6.34. The van der Waals surface area contributed by atoms with Crippen molar-refractivity contribution in [2.45, 2.75) is 23.7 Å². The number of rotatable bonds is 8. The SMILES string of the molecule is CN(C)Cc1cccc(CNC(=O)C(C#N)C(=O)c2nn(-c3ccccc3)c3c2CSc2ccccc2-3)c1. The lowest BCUT2D eigenvalue weighted by Crippen LogP contribution is -2.34. The molecular formula is C30H27N5O2S. The number of nitrogens with zero attached hydrogens (tertiary/aromatic N) is 4. The van der Waals surface area contributed by atoms with Crippen LogP contribution in [0.3, 0.4) is 0 Å². The average Bonchev–Trinajstić information content (AvgIpc) is 3.33. The van der Waals surface area contributed by atoms with E-state index in [1.807, 2.05) is 99.0 Å². The fourth-order valence-electron chi connectivity index (χ4n) is 4.62. The first-order valence-corrected chi connectivity index (χ1v) is 13.3. The van der Waals surface area contributed by atoms with Gasteiger partial charge >= 0.3 is 0 Å². The summed E-state index contributed by atoms with van der Waals surface area (Å²) < 4.78 is 1.75. The number of nitrogens with one attached hydrogen (secondary N) is 1. The monoisotopic (exact) mass is 521 g/mol. The van der Waals surface area contributed by atoms with Crippen LogP contribution in [0.15, 0.2) is 83.8 Å². The Kier molecular flexibility index (Phi) is 7.40. The van der Waals surface area contributed by atoms with Crippen molar-refractivity contribution in [3.63, 3.8) is 0 Å². The molecule has 0 spiro atoms. The van der Waals surface area contributed by atoms with Crippen molar-refractivity contribution in [1.82, 2.24) is 20.0 Å². The van der Waals surface area contributed by atoms with Gasteiger partial charge in [0.15, 0.2) is 5.92 Å². The molecule has 1 atom stereocenters. The zero-order chi connectivity index (χ0) is 26.6. The molecule has 3 aromatic carbocycles. The zero-order valence-corrected chi connectivity index (χ0v) is 22.0. The van der Waals surface area contributed by atoms with Gasteiger partial charge in [0, 0.05) is 34.9 Å². The van der Waals surface area contributed by atoms with Gasteiger partial charge in [0.1, 0.15) is 5.69 Å². The Bertz CT molecular complexity index is 1540. The molecule has 8 heteroatoms. The molecule has 0 fully saturated rings. The van der Waals surface area contributed by atoms with Crippen LogP contribution in [0.4, 0.5) is 0 Å². The summed E-state index contributed by atoms with van der Waals surface area (Å²) >= 11 is 1.62. The first-order valence-electron chi connectivity index (χ1n) is 12.3. The lowest BCUT2D eigenvalue weighted by Gasteiger charge is -2.18. The number of carbonyl (C=O) groups is 2. The van der Waals surface area contributed by atoms with Crippen molar-refractivity contribution >= 4 is 23.5 Å². The summed E-state index contributed by atoms with van der Waals surface area (Å²) in [6, 6.07) is 27.4. The second kappa shape index (κ2) is 11.1. The van der Waals surface area contributed by atoms with Crippen LogP contribution < -0.4 is 5.32 Å². The molecule has 5 rings (SSSR count). The van der Waals surface area contributed by atoms with Crippen molar-refractivity contribution in [3.05, 3.63) is 101 Å². The number of para-hydroxylation sites is 1. The van der Waals surface area contributed by atoms with Crippen molar-refractivity contribution in [3.8, 4) is 23.0 Å². The summed E-state index contributed by atoms with van der Waals surface area (Å²) in [4.78, 5) is 29.9. The highest BCUT2D eigenvalue weighted by atomic mass is 32.2. The molecule has 1 aliphatic heterocycles. The van der Waals surface area contributed by atoms with Gasteiger partial charge in [-0.05, 0) is 43.4 Å². The first kappa shape index (κ1) is 25.5. The smallest absolute Gasteiger partial charge is 0.245 e. The maximum atomic E-state index is 13.7. The second-order valence-electron chi connectivity index (χ2n) is 9.41. The molecule has 0 saturated carbocycles. The van der Waals surface area contributed by atoms with Crippen LogP contribution >= 0.6 is 11.8 Å². The Labute approximate surface area is 226 Å². The second-order valence-corrected chi connectivity index (χ2v) is 10.4. The molecule has 0 aliphatic carbocycles. The molecule has 1 N–H and O–H groups in total. The summed E-state index contributed by atoms with van der Waals surface area (Å²) in [6.45, 7) is 1.00. The standard InChI is InChI=1S/C30H27N5O2S/c1-34(2)18-21-10-8-9-20(15-21)17-32-30(37)24(16-31)29(36)27-25-19-38-26-14-7-6-13-23(26)28(25)35(33-27)22-11-4-3-5-12-22/h3-15,24H,17-19H2,1-2H3,(H,32,37). The van der Waals surface area contributed by atoms with Crippen molar-refractivity contribution in [2.24, 2.45) is 5.92 Å². The molecule has 1 unspecified atom stereocenters. The third-order valence-corrected chi connectivity index (χ3v) is 7.44. The fraction of sp³-hybridized carbons (Fsp3) is 0.200. The summed E-state index contributed by atoms with van der Waals surface area (Å²) in [6.07, 6.45) is 0. The number of hydrogen-bond donors (Lipinski definition) is 1. The molecule has 2 heterocycles. The minimum atomic E-state index is -1.50. The van der Waals surface area contributed by atoms with Gasteiger partial charge < -0.3 is 10.2 Å². The topological polar surface area (TPSA) is 91.0 Å². The number of fused-ring (bicyclic) bond motifs is 3. The molecule has 0 radical (unpaired) electrons. The highest BCUT2D eigenvalue weighted by molar-refractivity contribution is 7.98. The van der Waals surface area contributed by atoms with E-state index in [0.717, 1.165) is 45.1 Å². The van der Waals surface area contributed by atoms with E-state index in [0.29, 0.717) is 5.75 Å². The van der Waals surface area contributed by atoms with Gasteiger partial charge in [-0.15, -0.1) is 11.8 Å². The number of Topliss-reactive ketones (excluding diaryl/α,β-unsaturated/α-hetero) is 1. The van der Waals surface area contributed by atoms with Crippen LogP contribution in [-0.4, -0.2) is 40.5 Å². The molecule has 1 aromatic heterocycles. The summed E-state index contributed by atoms with van der Waals surface area (Å²) in [5.41, 5.74) is 5.53. The van der Waals surface area contributed by atoms with Gasteiger partial charge in [-0.1, -0.05) is 60.7 Å². The van der Waals surface area contributed by atoms with E-state index < -0.39 is 17.6 Å². The summed E-state index contributed by atoms with van der Waals surface area (Å²) in [5, 5.41) is 17.3. The largest absolute Gasteiger partial charge is 0.350 e. The molecule has 0 bridgehead atoms. The number of aromatic nitrogens is 2. The van der Waals surface area contributed by atoms with Crippen LogP contribution in [0.2, 0.25) is 0 Å². The summed E-state index contributed by atoms with van der Waals surface area (Å²) in [7, 11) is 3.99. The van der Waals surface area contributed by atoms with Crippen molar-refractivity contribution in [1.29, 1.82) is 5.26 Å². The van der Waals surface area contributed by atoms with Gasteiger partial charge in [0.25, 0.3) is 0 Å². The fourth-order valence-corrected chi connectivity index (χ4v) is 5.69. The Balaban J connectivity index is 1.44. The molecule has 0 saturated heterocycles. The highest BCUT2D eigenvalue weighted by Crippen LogP contribution is 2.43. The van der Waals surface area contributed by atoms with E-state index >= 15 is 0 Å². The van der Waals surface area contributed by atoms with Crippen LogP contribution in [0.1, 0.15) is 27.2 Å². The number of nitriles is 1. The zero-order valence-electron chi connectivity index (χ0n) is 21.2. The van der Waals surface area contributed by atoms with Crippen LogP contribution in [0, 0.1) is 17.2 Å². The molecule has 38 heavy (non-hydrogen) atoms. The Morgan fingerprint density at radius 3 is 2.55 bits per heavy atom. The van der Waals surface area contributed by atoms with E-state index in [-0.39, 0.29) is 12.2 Å². The maximum absolute atomic E-state index is 13.7. The van der Waals surface area contributed by atoms with Crippen LogP contribution in [-0.2, 0) is 23.6 Å². The Morgan fingerprint density at radius 1 is 1.05 bits per heavy atom. The van der Waals surface area contributed by atoms with Gasteiger partial charge in [-0.2, -0.15) is 10.4 Å². The minimum absolute atomic E-state index is 0.167. The summed E-state index contributed by atoms with van der Waals surface area (Å²) in [5.74, 6) is -2.18. The van der Waals surface area contributed by atoms with Crippen molar-refractivity contribution < 1.29 is 9.59 Å². The number of carbonyl (C=O) groups excluding carboxylic acids is 2. The van der Waals surface area contributed by atoms with Gasteiger partial charge in [-0.3, -0.25) is 9.59 Å². The first-order chi connectivity index (χ1) is 18.5. The highest BCUT2D eigenvalue weighted by Gasteiger charge is 2.35. The Morgan fingerprint density at radius 2 is 1.79 bits per heavy atom. The van der Waals surface area contributed by atoms with Crippen molar-refractivity contribution in [2.75, 3.05) is 14.1 Å². The molecular weight excluding hydrogens is 494 g/mol. The van der Waals surface area contributed by atoms with E-state index in [1.165, 1.54) is 0 Å². The lowest BCUT2D eigenvalue weighted by molar-refractivity contribution is -0.122. The number of amides is 1. The normalized spacial score (nSPS) is 12.8. The maximum Gasteiger partial charge on any atom is 0.245 e. The van der Waals surface area contributed by atoms with Gasteiger partial charge in [0.05, 0.1) is 17.5 Å². The molecule has 4 aromatic rings. The minimum Gasteiger partial charge on any atom is -0.350 e. The number of hydrogen-bond acceptors (Lipinski definition) is 6. The predicted molar refractivity (Wildman–Crippen MR) is 148 cm³/mol. The van der Waals surface area contributed by atoms with E-state index in [9.17, 15) is 14.9 Å². The van der Waals surface area contributed by atoms with Gasteiger partial charge in [0.2, 0.25) is 11.7 Å². The molecule has 7 nitrogen and oxygen atoms in total. The lowest BCUT2D eigenvalue weighted by atomic mass is 9.97. The number of thioether (sulfide) groups is 1. The van der Waals surface area contributed by atoms with Gasteiger partial charge in [-0.25, -0.2) is 4.68 Å². The number of benzene rings is 3. The molecule has 190 valence electrons. The average molecular weight is 522 g/mol. The van der Waals surface area contributed by atoms with Crippen LogP contribution in [0.25, 0.3) is 16.9 Å². The number of ketones is 1.